The molecule has 106 valence electrons. The molecule has 0 spiro atoms. The van der Waals surface area contributed by atoms with Crippen LogP contribution in [0.3, 0.4) is 0 Å². The Labute approximate surface area is 118 Å². The molecule has 19 heavy (non-hydrogen) atoms. The fourth-order valence-electron chi connectivity index (χ4n) is 2.45. The maximum absolute atomic E-state index is 13.2. The summed E-state index contributed by atoms with van der Waals surface area (Å²) in [5.41, 5.74) is 0.702. The second-order valence-electron chi connectivity index (χ2n) is 4.86. The Balaban J connectivity index is 2.13. The molecular weight excluding hydrogens is 289 g/mol. The standard InChI is InChI=1S/C13H17ClFNO2S/c1-2-16(12-5-6-19(17,18)9-12)8-10-7-11(15)3-4-13(10)14/h3-4,7,12H,2,5-6,8-9H2,1H3/t12-/m1/s1. The molecule has 1 aromatic rings. The van der Waals surface area contributed by atoms with Crippen LogP contribution in [-0.4, -0.2) is 37.4 Å². The van der Waals surface area contributed by atoms with Gasteiger partial charge in [0.25, 0.3) is 0 Å². The fourth-order valence-corrected chi connectivity index (χ4v) is 4.38. The zero-order valence-electron chi connectivity index (χ0n) is 10.8. The summed E-state index contributed by atoms with van der Waals surface area (Å²) in [5.74, 6) is 0.105. The second kappa shape index (κ2) is 5.77. The van der Waals surface area contributed by atoms with Crippen LogP contribution in [0.25, 0.3) is 0 Å². The lowest BCUT2D eigenvalue weighted by atomic mass is 10.1. The molecule has 0 saturated carbocycles. The Kier molecular flexibility index (Phi) is 4.48. The first-order valence-corrected chi connectivity index (χ1v) is 8.49. The Bertz CT molecular complexity index is 562. The van der Waals surface area contributed by atoms with Crippen LogP contribution in [0.1, 0.15) is 18.9 Å². The first-order valence-electron chi connectivity index (χ1n) is 6.29. The molecule has 0 aliphatic carbocycles. The van der Waals surface area contributed by atoms with Crippen molar-refractivity contribution < 1.29 is 12.8 Å². The Morgan fingerprint density at radius 2 is 2.21 bits per heavy atom. The van der Waals surface area contributed by atoms with Crippen molar-refractivity contribution in [2.45, 2.75) is 25.9 Å². The Morgan fingerprint density at radius 1 is 1.47 bits per heavy atom. The number of halogens is 2. The van der Waals surface area contributed by atoms with Crippen molar-refractivity contribution in [1.82, 2.24) is 4.90 Å². The molecule has 1 aromatic carbocycles. The minimum Gasteiger partial charge on any atom is -0.295 e. The summed E-state index contributed by atoms with van der Waals surface area (Å²) >= 11 is 6.05. The van der Waals surface area contributed by atoms with Gasteiger partial charge < -0.3 is 0 Å². The molecular formula is C13H17ClFNO2S. The highest BCUT2D eigenvalue weighted by Crippen LogP contribution is 2.23. The molecule has 0 unspecified atom stereocenters. The highest BCUT2D eigenvalue weighted by Gasteiger charge is 2.31. The van der Waals surface area contributed by atoms with E-state index in [0.717, 1.165) is 0 Å². The highest BCUT2D eigenvalue weighted by atomic mass is 35.5. The molecule has 1 atom stereocenters. The zero-order chi connectivity index (χ0) is 14.0. The largest absolute Gasteiger partial charge is 0.295 e. The topological polar surface area (TPSA) is 37.4 Å². The molecule has 0 radical (unpaired) electrons. The summed E-state index contributed by atoms with van der Waals surface area (Å²) < 4.78 is 36.3. The normalized spacial score (nSPS) is 22.0. The Hall–Kier alpha value is -0.650. The predicted molar refractivity (Wildman–Crippen MR) is 74.6 cm³/mol. The van der Waals surface area contributed by atoms with Crippen LogP contribution in [0.15, 0.2) is 18.2 Å². The quantitative estimate of drug-likeness (QED) is 0.857. The lowest BCUT2D eigenvalue weighted by Crippen LogP contribution is -2.35. The fraction of sp³-hybridized carbons (Fsp3) is 0.538. The van der Waals surface area contributed by atoms with Crippen molar-refractivity contribution in [3.8, 4) is 0 Å². The molecule has 1 aliphatic rings. The molecule has 2 rings (SSSR count). The van der Waals surface area contributed by atoms with E-state index >= 15 is 0 Å². The van der Waals surface area contributed by atoms with E-state index < -0.39 is 9.84 Å². The predicted octanol–water partition coefficient (Wildman–Crippen LogP) is 2.49. The molecule has 6 heteroatoms. The average Bonchev–Trinajstić information content (AvgIpc) is 2.70. The lowest BCUT2D eigenvalue weighted by molar-refractivity contribution is 0.214. The monoisotopic (exact) mass is 305 g/mol. The average molecular weight is 306 g/mol. The van der Waals surface area contributed by atoms with Gasteiger partial charge in [-0.15, -0.1) is 0 Å². The second-order valence-corrected chi connectivity index (χ2v) is 7.49. The maximum atomic E-state index is 13.2. The third kappa shape index (κ3) is 3.68. The van der Waals surface area contributed by atoms with Crippen LogP contribution < -0.4 is 0 Å². The third-order valence-electron chi connectivity index (χ3n) is 3.51. The van der Waals surface area contributed by atoms with Crippen molar-refractivity contribution >= 4 is 21.4 Å². The van der Waals surface area contributed by atoms with Gasteiger partial charge >= 0.3 is 0 Å². The van der Waals surface area contributed by atoms with Gasteiger partial charge in [-0.1, -0.05) is 18.5 Å². The van der Waals surface area contributed by atoms with Crippen LogP contribution >= 0.6 is 11.6 Å². The smallest absolute Gasteiger partial charge is 0.151 e. The van der Waals surface area contributed by atoms with E-state index in [0.29, 0.717) is 30.1 Å². The molecule has 1 aliphatic heterocycles. The van der Waals surface area contributed by atoms with Crippen LogP contribution in [-0.2, 0) is 16.4 Å². The van der Waals surface area contributed by atoms with E-state index in [2.05, 4.69) is 0 Å². The van der Waals surface area contributed by atoms with Gasteiger partial charge in [-0.25, -0.2) is 12.8 Å². The van der Waals surface area contributed by atoms with E-state index in [1.54, 1.807) is 0 Å². The van der Waals surface area contributed by atoms with Crippen molar-refractivity contribution in [3.05, 3.63) is 34.6 Å². The van der Waals surface area contributed by atoms with E-state index in [9.17, 15) is 12.8 Å². The third-order valence-corrected chi connectivity index (χ3v) is 5.63. The molecule has 0 N–H and O–H groups in total. The summed E-state index contributed by atoms with van der Waals surface area (Å²) in [4.78, 5) is 2.05. The van der Waals surface area contributed by atoms with Crippen LogP contribution in [0.4, 0.5) is 4.39 Å². The van der Waals surface area contributed by atoms with Crippen molar-refractivity contribution in [1.29, 1.82) is 0 Å². The number of nitrogens with zero attached hydrogens (tertiary/aromatic N) is 1. The molecule has 0 aromatic heterocycles. The SMILES string of the molecule is CCN(Cc1cc(F)ccc1Cl)[C@@H]1CCS(=O)(=O)C1. The molecule has 3 nitrogen and oxygen atoms in total. The van der Waals surface area contributed by atoms with Gasteiger partial charge in [0.05, 0.1) is 11.5 Å². The van der Waals surface area contributed by atoms with Crippen LogP contribution in [0.5, 0.6) is 0 Å². The van der Waals surface area contributed by atoms with Crippen molar-refractivity contribution in [2.75, 3.05) is 18.1 Å². The first-order chi connectivity index (χ1) is 8.91. The van der Waals surface area contributed by atoms with Gasteiger partial charge in [0.2, 0.25) is 0 Å². The molecule has 0 amide bonds. The van der Waals surface area contributed by atoms with Crippen molar-refractivity contribution in [3.63, 3.8) is 0 Å². The van der Waals surface area contributed by atoms with Gasteiger partial charge in [0.1, 0.15) is 5.82 Å². The first kappa shape index (κ1) is 14.8. The van der Waals surface area contributed by atoms with Gasteiger partial charge in [0, 0.05) is 17.6 Å². The highest BCUT2D eigenvalue weighted by molar-refractivity contribution is 7.91. The number of hydrogen-bond acceptors (Lipinski definition) is 3. The minimum absolute atomic E-state index is 0.00864. The van der Waals surface area contributed by atoms with E-state index in [1.165, 1.54) is 18.2 Å². The number of sulfone groups is 1. The zero-order valence-corrected chi connectivity index (χ0v) is 12.3. The summed E-state index contributed by atoms with van der Waals surface area (Å²) in [5, 5.41) is 0.515. The molecule has 1 saturated heterocycles. The maximum Gasteiger partial charge on any atom is 0.151 e. The van der Waals surface area contributed by atoms with E-state index in [4.69, 9.17) is 11.6 Å². The van der Waals surface area contributed by atoms with Gasteiger partial charge in [-0.05, 0) is 36.7 Å². The summed E-state index contributed by atoms with van der Waals surface area (Å²) in [6.07, 6.45) is 0.642. The molecule has 1 heterocycles. The molecule has 0 bridgehead atoms. The minimum atomic E-state index is -2.91. The number of rotatable bonds is 4. The summed E-state index contributed by atoms with van der Waals surface area (Å²) in [7, 11) is -2.91. The van der Waals surface area contributed by atoms with Crippen molar-refractivity contribution in [2.24, 2.45) is 0 Å². The van der Waals surface area contributed by atoms with Gasteiger partial charge in [0.15, 0.2) is 9.84 Å². The van der Waals surface area contributed by atoms with Gasteiger partial charge in [-0.3, -0.25) is 4.90 Å². The van der Waals surface area contributed by atoms with Crippen LogP contribution in [0.2, 0.25) is 5.02 Å². The molecule has 1 fully saturated rings. The van der Waals surface area contributed by atoms with Gasteiger partial charge in [-0.2, -0.15) is 0 Å². The van der Waals surface area contributed by atoms with E-state index in [-0.39, 0.29) is 23.4 Å². The number of benzene rings is 1. The van der Waals surface area contributed by atoms with E-state index in [1.807, 2.05) is 11.8 Å². The van der Waals surface area contributed by atoms with Crippen LogP contribution in [0, 0.1) is 5.82 Å². The Morgan fingerprint density at radius 3 is 2.79 bits per heavy atom. The lowest BCUT2D eigenvalue weighted by Gasteiger charge is -2.26. The summed E-state index contributed by atoms with van der Waals surface area (Å²) in [6, 6.07) is 4.27. The number of hydrogen-bond donors (Lipinski definition) is 0. The summed E-state index contributed by atoms with van der Waals surface area (Å²) in [6.45, 7) is 3.17.